The third-order valence-corrected chi connectivity index (χ3v) is 5.47. The summed E-state index contributed by atoms with van der Waals surface area (Å²) >= 11 is 0. The van der Waals surface area contributed by atoms with Gasteiger partial charge >= 0.3 is 0 Å². The number of carbonyl (C=O) groups is 1. The first-order valence-corrected chi connectivity index (χ1v) is 10.4. The van der Waals surface area contributed by atoms with Gasteiger partial charge in [0.05, 0.1) is 21.3 Å². The van der Waals surface area contributed by atoms with Crippen molar-refractivity contribution in [1.29, 1.82) is 0 Å². The normalized spacial score (nSPS) is 12.7. The van der Waals surface area contributed by atoms with Gasteiger partial charge in [-0.15, -0.1) is 0 Å². The lowest BCUT2D eigenvalue weighted by atomic mass is 10.0. The maximum atomic E-state index is 13.5. The first-order chi connectivity index (χ1) is 14.9. The molecule has 0 aliphatic rings. The van der Waals surface area contributed by atoms with Crippen molar-refractivity contribution in [3.05, 3.63) is 89.0 Å². The number of aryl methyl sites for hydroxylation is 2. The molecule has 3 rings (SSSR count). The lowest BCUT2D eigenvalue weighted by Crippen LogP contribution is -3.09. The van der Waals surface area contributed by atoms with Crippen LogP contribution in [0.1, 0.15) is 28.3 Å². The van der Waals surface area contributed by atoms with E-state index < -0.39 is 0 Å². The Morgan fingerprint density at radius 3 is 2.32 bits per heavy atom. The summed E-state index contributed by atoms with van der Waals surface area (Å²) in [6.45, 7) is 4.69. The third kappa shape index (κ3) is 5.44. The third-order valence-electron chi connectivity index (χ3n) is 5.47. The molecular weight excluding hydrogens is 388 g/mol. The van der Waals surface area contributed by atoms with Crippen LogP contribution in [0.2, 0.25) is 0 Å². The summed E-state index contributed by atoms with van der Waals surface area (Å²) in [5, 5.41) is 3.15. The maximum absolute atomic E-state index is 13.5. The van der Waals surface area contributed by atoms with Gasteiger partial charge in [-0.25, -0.2) is 0 Å². The van der Waals surface area contributed by atoms with Crippen LogP contribution in [0, 0.1) is 13.8 Å². The first kappa shape index (κ1) is 22.4. The van der Waals surface area contributed by atoms with E-state index in [9.17, 15) is 4.79 Å². The van der Waals surface area contributed by atoms with E-state index in [-0.39, 0.29) is 11.9 Å². The van der Waals surface area contributed by atoms with Crippen molar-refractivity contribution in [2.45, 2.75) is 26.4 Å². The van der Waals surface area contributed by atoms with Crippen molar-refractivity contribution >= 4 is 11.6 Å². The van der Waals surface area contributed by atoms with E-state index in [2.05, 4.69) is 5.32 Å². The highest BCUT2D eigenvalue weighted by Gasteiger charge is 2.29. The number of benzene rings is 3. The molecule has 3 aromatic rings. The van der Waals surface area contributed by atoms with Crippen LogP contribution in [0.5, 0.6) is 11.5 Å². The standard InChI is InChI=1S/C26H30N2O3/c1-18-11-12-19(2)22(15-18)27-26(29)25(21-9-7-6-8-10-21)28(3)17-20-13-14-23(30-4)24(16-20)31-5/h6-16,25H,17H2,1-5H3,(H,27,29)/p+1/t25-/m1/s1. The van der Waals surface area contributed by atoms with Crippen LogP contribution in [0.4, 0.5) is 5.69 Å². The molecule has 0 aliphatic carbocycles. The molecule has 3 aromatic carbocycles. The van der Waals surface area contributed by atoms with Gasteiger partial charge in [0.2, 0.25) is 0 Å². The summed E-state index contributed by atoms with van der Waals surface area (Å²) in [5.41, 5.74) is 5.05. The molecule has 2 N–H and O–H groups in total. The second kappa shape index (κ2) is 10.1. The Labute approximate surface area is 184 Å². The summed E-state index contributed by atoms with van der Waals surface area (Å²) in [6, 6.07) is 21.5. The number of amides is 1. The van der Waals surface area contributed by atoms with Crippen molar-refractivity contribution in [1.82, 2.24) is 0 Å². The molecular formula is C26H31N2O3+. The van der Waals surface area contributed by atoms with E-state index in [4.69, 9.17) is 9.47 Å². The number of ether oxygens (including phenoxy) is 2. The van der Waals surface area contributed by atoms with Gasteiger partial charge in [-0.3, -0.25) is 4.79 Å². The smallest absolute Gasteiger partial charge is 0.287 e. The van der Waals surface area contributed by atoms with E-state index in [1.165, 1.54) is 0 Å². The van der Waals surface area contributed by atoms with E-state index in [0.717, 1.165) is 32.8 Å². The largest absolute Gasteiger partial charge is 0.493 e. The monoisotopic (exact) mass is 419 g/mol. The van der Waals surface area contributed by atoms with Gasteiger partial charge in [0, 0.05) is 16.8 Å². The van der Waals surface area contributed by atoms with Gasteiger partial charge in [0.25, 0.3) is 5.91 Å². The van der Waals surface area contributed by atoms with Gasteiger partial charge in [0.15, 0.2) is 17.5 Å². The SMILES string of the molecule is COc1ccc(C[NH+](C)[C@@H](C(=O)Nc2cc(C)ccc2C)c2ccccc2)cc1OC. The van der Waals surface area contributed by atoms with Crippen LogP contribution >= 0.6 is 0 Å². The fourth-order valence-corrected chi connectivity index (χ4v) is 3.80. The molecule has 5 heteroatoms. The zero-order chi connectivity index (χ0) is 22.4. The number of carbonyl (C=O) groups excluding carboxylic acids is 1. The van der Waals surface area contributed by atoms with Crippen molar-refractivity contribution in [3.63, 3.8) is 0 Å². The molecule has 0 radical (unpaired) electrons. The highest BCUT2D eigenvalue weighted by Crippen LogP contribution is 2.27. The molecule has 0 heterocycles. The van der Waals surface area contributed by atoms with E-state index in [0.29, 0.717) is 18.0 Å². The van der Waals surface area contributed by atoms with Gasteiger partial charge < -0.3 is 19.7 Å². The molecule has 1 unspecified atom stereocenters. The molecule has 0 saturated heterocycles. The second-order valence-corrected chi connectivity index (χ2v) is 7.86. The number of hydrogen-bond donors (Lipinski definition) is 2. The molecule has 0 aromatic heterocycles. The van der Waals surface area contributed by atoms with Crippen molar-refractivity contribution < 1.29 is 19.2 Å². The number of anilines is 1. The molecule has 31 heavy (non-hydrogen) atoms. The Kier molecular flexibility index (Phi) is 7.32. The number of methoxy groups -OCH3 is 2. The molecule has 162 valence electrons. The molecule has 0 fully saturated rings. The number of hydrogen-bond acceptors (Lipinski definition) is 3. The zero-order valence-electron chi connectivity index (χ0n) is 18.9. The molecule has 0 bridgehead atoms. The average Bonchev–Trinajstić information content (AvgIpc) is 2.77. The molecule has 5 nitrogen and oxygen atoms in total. The van der Waals surface area contributed by atoms with Crippen molar-refractivity contribution in [2.24, 2.45) is 0 Å². The Morgan fingerprint density at radius 2 is 1.65 bits per heavy atom. The number of nitrogens with one attached hydrogen (secondary N) is 2. The Balaban J connectivity index is 1.88. The van der Waals surface area contributed by atoms with Gasteiger partial charge in [-0.2, -0.15) is 0 Å². The van der Waals surface area contributed by atoms with Crippen molar-refractivity contribution in [3.8, 4) is 11.5 Å². The van der Waals surface area contributed by atoms with Gasteiger partial charge in [0.1, 0.15) is 6.54 Å². The molecule has 0 spiro atoms. The Hall–Kier alpha value is -3.31. The van der Waals surface area contributed by atoms with Crippen LogP contribution in [0.3, 0.4) is 0 Å². The van der Waals surface area contributed by atoms with Crippen LogP contribution in [-0.2, 0) is 11.3 Å². The predicted octanol–water partition coefficient (Wildman–Crippen LogP) is 3.72. The van der Waals surface area contributed by atoms with Gasteiger partial charge in [-0.05, 0) is 49.2 Å². The van der Waals surface area contributed by atoms with Crippen LogP contribution in [0.15, 0.2) is 66.7 Å². The predicted molar refractivity (Wildman–Crippen MR) is 124 cm³/mol. The Bertz CT molecular complexity index is 1030. The second-order valence-electron chi connectivity index (χ2n) is 7.86. The van der Waals surface area contributed by atoms with E-state index in [1.54, 1.807) is 14.2 Å². The summed E-state index contributed by atoms with van der Waals surface area (Å²) in [4.78, 5) is 14.5. The number of likely N-dealkylation sites (N-methyl/N-ethyl adjacent to an activating group) is 1. The minimum absolute atomic E-state index is 0.0297. The number of rotatable bonds is 8. The van der Waals surface area contributed by atoms with Crippen LogP contribution in [0.25, 0.3) is 0 Å². The maximum Gasteiger partial charge on any atom is 0.287 e. The zero-order valence-corrected chi connectivity index (χ0v) is 18.9. The lowest BCUT2D eigenvalue weighted by Gasteiger charge is -2.25. The quantitative estimate of drug-likeness (QED) is 0.585. The van der Waals surface area contributed by atoms with Gasteiger partial charge in [-0.1, -0.05) is 42.5 Å². The lowest BCUT2D eigenvalue weighted by molar-refractivity contribution is -0.915. The van der Waals surface area contributed by atoms with Crippen molar-refractivity contribution in [2.75, 3.05) is 26.6 Å². The fourth-order valence-electron chi connectivity index (χ4n) is 3.80. The summed E-state index contributed by atoms with van der Waals surface area (Å²) in [6.07, 6.45) is 0. The molecule has 1 amide bonds. The molecule has 2 atom stereocenters. The summed E-state index contributed by atoms with van der Waals surface area (Å²) in [5.74, 6) is 1.35. The fraction of sp³-hybridized carbons (Fsp3) is 0.269. The summed E-state index contributed by atoms with van der Waals surface area (Å²) in [7, 11) is 5.29. The minimum atomic E-state index is -0.366. The highest BCUT2D eigenvalue weighted by molar-refractivity contribution is 5.95. The highest BCUT2D eigenvalue weighted by atomic mass is 16.5. The minimum Gasteiger partial charge on any atom is -0.493 e. The summed E-state index contributed by atoms with van der Waals surface area (Å²) < 4.78 is 10.8. The van der Waals surface area contributed by atoms with E-state index in [1.807, 2.05) is 87.6 Å². The number of quaternary nitrogens is 1. The van der Waals surface area contributed by atoms with Crippen LogP contribution < -0.4 is 19.7 Å². The van der Waals surface area contributed by atoms with E-state index >= 15 is 0 Å². The first-order valence-electron chi connectivity index (χ1n) is 10.4. The molecule has 0 saturated carbocycles. The Morgan fingerprint density at radius 1 is 0.935 bits per heavy atom. The average molecular weight is 420 g/mol. The molecule has 0 aliphatic heterocycles. The topological polar surface area (TPSA) is 52.0 Å². The van der Waals surface area contributed by atoms with Crippen LogP contribution in [-0.4, -0.2) is 27.2 Å².